The highest BCUT2D eigenvalue weighted by Gasteiger charge is 2.12. The van der Waals surface area contributed by atoms with Crippen molar-refractivity contribution in [1.82, 2.24) is 15.5 Å². The molecule has 0 saturated heterocycles. The molecule has 0 aliphatic heterocycles. The maximum atomic E-state index is 11.7. The van der Waals surface area contributed by atoms with Crippen molar-refractivity contribution >= 4 is 35.8 Å². The zero-order valence-electron chi connectivity index (χ0n) is 19.2. The van der Waals surface area contributed by atoms with Crippen LogP contribution in [0.2, 0.25) is 0 Å². The number of nitrogens with one attached hydrogen (secondary N) is 2. The quantitative estimate of drug-likeness (QED) is 0.154. The van der Waals surface area contributed by atoms with Crippen molar-refractivity contribution in [2.45, 2.75) is 58.1 Å². The number of hydrogen-bond donors (Lipinski definition) is 2. The van der Waals surface area contributed by atoms with Crippen molar-refractivity contribution in [1.29, 1.82) is 0 Å². The van der Waals surface area contributed by atoms with E-state index < -0.39 is 0 Å². The Balaban J connectivity index is 0.00000480. The number of nitrogens with zero attached hydrogens (tertiary/aromatic N) is 2. The summed E-state index contributed by atoms with van der Waals surface area (Å²) in [7, 11) is 3.43. The SMILES string of the molecule is CCNC(=NCc1cccc(OCC(=O)N(C)C)c1)NCCOC1CCCCCC1.I. The Kier molecular flexibility index (Phi) is 14.3. The molecule has 1 aromatic carbocycles. The van der Waals surface area contributed by atoms with Crippen LogP contribution in [0.3, 0.4) is 0 Å². The first-order valence-corrected chi connectivity index (χ1v) is 11.1. The van der Waals surface area contributed by atoms with E-state index in [2.05, 4.69) is 22.5 Å². The first kappa shape index (κ1) is 27.5. The van der Waals surface area contributed by atoms with E-state index >= 15 is 0 Å². The van der Waals surface area contributed by atoms with Crippen LogP contribution in [0.15, 0.2) is 29.3 Å². The number of ether oxygens (including phenoxy) is 2. The number of rotatable bonds is 10. The molecule has 0 aromatic heterocycles. The molecule has 1 aromatic rings. The Morgan fingerprint density at radius 1 is 1.16 bits per heavy atom. The van der Waals surface area contributed by atoms with Gasteiger partial charge in [-0.3, -0.25) is 4.79 Å². The predicted molar refractivity (Wildman–Crippen MR) is 136 cm³/mol. The van der Waals surface area contributed by atoms with Crippen molar-refractivity contribution in [2.75, 3.05) is 40.4 Å². The highest BCUT2D eigenvalue weighted by atomic mass is 127. The Morgan fingerprint density at radius 3 is 2.58 bits per heavy atom. The molecular weight excluding hydrogens is 507 g/mol. The third-order valence-corrected chi connectivity index (χ3v) is 5.07. The molecule has 7 nitrogen and oxygen atoms in total. The Bertz CT molecular complexity index is 662. The van der Waals surface area contributed by atoms with Gasteiger partial charge in [0.2, 0.25) is 0 Å². The largest absolute Gasteiger partial charge is 0.484 e. The van der Waals surface area contributed by atoms with Gasteiger partial charge in [0.25, 0.3) is 5.91 Å². The third kappa shape index (κ3) is 11.6. The molecular formula is C23H39IN4O3. The fourth-order valence-electron chi connectivity index (χ4n) is 3.32. The van der Waals surface area contributed by atoms with Crippen molar-refractivity contribution in [3.8, 4) is 5.75 Å². The molecule has 2 N–H and O–H groups in total. The zero-order valence-corrected chi connectivity index (χ0v) is 21.5. The number of benzene rings is 1. The smallest absolute Gasteiger partial charge is 0.259 e. The molecule has 1 amide bonds. The molecule has 0 bridgehead atoms. The van der Waals surface area contributed by atoms with E-state index in [4.69, 9.17) is 9.47 Å². The molecule has 8 heteroatoms. The van der Waals surface area contributed by atoms with Crippen molar-refractivity contribution in [3.63, 3.8) is 0 Å². The number of hydrogen-bond acceptors (Lipinski definition) is 4. The summed E-state index contributed by atoms with van der Waals surface area (Å²) in [5, 5.41) is 6.62. The molecule has 1 aliphatic carbocycles. The minimum Gasteiger partial charge on any atom is -0.484 e. The molecule has 2 rings (SSSR count). The van der Waals surface area contributed by atoms with E-state index in [0.717, 1.165) is 24.6 Å². The number of carbonyl (C=O) groups excluding carboxylic acids is 1. The lowest BCUT2D eigenvalue weighted by Crippen LogP contribution is -2.39. The minimum atomic E-state index is -0.0666. The van der Waals surface area contributed by atoms with Crippen molar-refractivity contribution in [3.05, 3.63) is 29.8 Å². The van der Waals surface area contributed by atoms with E-state index in [1.807, 2.05) is 24.3 Å². The molecule has 0 spiro atoms. The van der Waals surface area contributed by atoms with Gasteiger partial charge >= 0.3 is 0 Å². The van der Waals surface area contributed by atoms with Crippen LogP contribution in [0.5, 0.6) is 5.75 Å². The number of amides is 1. The van der Waals surface area contributed by atoms with Gasteiger partial charge in [0.15, 0.2) is 12.6 Å². The standard InChI is InChI=1S/C23H38N4O3.HI/c1-4-24-23(25-14-15-29-20-11-7-5-6-8-12-20)26-17-19-10-9-13-21(16-19)30-18-22(28)27(2)3;/h9-10,13,16,20H,4-8,11-12,14-15,17-18H2,1-3H3,(H2,24,25,26);1H. The molecule has 1 fully saturated rings. The average molecular weight is 546 g/mol. The first-order chi connectivity index (χ1) is 14.6. The number of aliphatic imine (C=N–C) groups is 1. The molecule has 1 aliphatic rings. The van der Waals surface area contributed by atoms with Gasteiger partial charge in [0.1, 0.15) is 5.75 Å². The average Bonchev–Trinajstić information content (AvgIpc) is 3.02. The van der Waals surface area contributed by atoms with Crippen LogP contribution >= 0.6 is 24.0 Å². The summed E-state index contributed by atoms with van der Waals surface area (Å²) in [6, 6.07) is 7.69. The third-order valence-electron chi connectivity index (χ3n) is 5.07. The zero-order chi connectivity index (χ0) is 21.6. The molecule has 31 heavy (non-hydrogen) atoms. The van der Waals surface area contributed by atoms with Gasteiger partial charge < -0.3 is 25.0 Å². The van der Waals surface area contributed by atoms with E-state index in [-0.39, 0.29) is 36.5 Å². The molecule has 0 radical (unpaired) electrons. The summed E-state index contributed by atoms with van der Waals surface area (Å²) in [5.41, 5.74) is 1.02. The molecule has 176 valence electrons. The predicted octanol–water partition coefficient (Wildman–Crippen LogP) is 3.57. The molecule has 0 atom stereocenters. The van der Waals surface area contributed by atoms with Crippen LogP contribution in [0.1, 0.15) is 51.0 Å². The van der Waals surface area contributed by atoms with E-state index in [1.165, 1.54) is 43.4 Å². The van der Waals surface area contributed by atoms with Crippen LogP contribution in [0.25, 0.3) is 0 Å². The number of likely N-dealkylation sites (N-methyl/N-ethyl adjacent to an activating group) is 1. The van der Waals surface area contributed by atoms with Gasteiger partial charge in [-0.2, -0.15) is 0 Å². The molecule has 1 saturated carbocycles. The highest BCUT2D eigenvalue weighted by molar-refractivity contribution is 14.0. The summed E-state index contributed by atoms with van der Waals surface area (Å²) in [6.07, 6.45) is 8.04. The second-order valence-corrected chi connectivity index (χ2v) is 7.83. The number of halogens is 1. The Morgan fingerprint density at radius 2 is 1.90 bits per heavy atom. The first-order valence-electron chi connectivity index (χ1n) is 11.1. The normalized spacial score (nSPS) is 14.9. The molecule has 0 heterocycles. The fraction of sp³-hybridized carbons (Fsp3) is 0.652. The van der Waals surface area contributed by atoms with Crippen molar-refractivity contribution < 1.29 is 14.3 Å². The second-order valence-electron chi connectivity index (χ2n) is 7.83. The number of guanidine groups is 1. The van der Waals surface area contributed by atoms with Crippen LogP contribution < -0.4 is 15.4 Å². The van der Waals surface area contributed by atoms with E-state index in [1.54, 1.807) is 14.1 Å². The maximum absolute atomic E-state index is 11.7. The van der Waals surface area contributed by atoms with Crippen LogP contribution in [-0.4, -0.2) is 63.3 Å². The minimum absolute atomic E-state index is 0. The van der Waals surface area contributed by atoms with Crippen LogP contribution in [0, 0.1) is 0 Å². The van der Waals surface area contributed by atoms with Gasteiger partial charge in [-0.25, -0.2) is 4.99 Å². The lowest BCUT2D eigenvalue weighted by Gasteiger charge is -2.16. The topological polar surface area (TPSA) is 75.2 Å². The van der Waals surface area contributed by atoms with Crippen LogP contribution in [0.4, 0.5) is 0 Å². The lowest BCUT2D eigenvalue weighted by atomic mass is 10.1. The maximum Gasteiger partial charge on any atom is 0.259 e. The molecule has 0 unspecified atom stereocenters. The van der Waals surface area contributed by atoms with Gasteiger partial charge in [-0.15, -0.1) is 24.0 Å². The lowest BCUT2D eigenvalue weighted by molar-refractivity contribution is -0.130. The van der Waals surface area contributed by atoms with Gasteiger partial charge in [0.05, 0.1) is 19.3 Å². The van der Waals surface area contributed by atoms with Gasteiger partial charge in [-0.1, -0.05) is 37.8 Å². The number of carbonyl (C=O) groups is 1. The second kappa shape index (κ2) is 16.1. The highest BCUT2D eigenvalue weighted by Crippen LogP contribution is 2.19. The van der Waals surface area contributed by atoms with Gasteiger partial charge in [0, 0.05) is 27.2 Å². The Hall–Kier alpha value is -1.55. The Labute approximate surface area is 204 Å². The summed E-state index contributed by atoms with van der Waals surface area (Å²) >= 11 is 0. The fourth-order valence-corrected chi connectivity index (χ4v) is 3.32. The van der Waals surface area contributed by atoms with Crippen LogP contribution in [-0.2, 0) is 16.1 Å². The summed E-state index contributed by atoms with van der Waals surface area (Å²) in [6.45, 7) is 4.83. The van der Waals surface area contributed by atoms with E-state index in [9.17, 15) is 4.79 Å². The van der Waals surface area contributed by atoms with E-state index in [0.29, 0.717) is 25.0 Å². The summed E-state index contributed by atoms with van der Waals surface area (Å²) in [5.74, 6) is 1.38. The summed E-state index contributed by atoms with van der Waals surface area (Å²) in [4.78, 5) is 17.9. The van der Waals surface area contributed by atoms with Gasteiger partial charge in [-0.05, 0) is 37.5 Å². The monoisotopic (exact) mass is 546 g/mol. The van der Waals surface area contributed by atoms with Crippen molar-refractivity contribution in [2.24, 2.45) is 4.99 Å². The summed E-state index contributed by atoms with van der Waals surface area (Å²) < 4.78 is 11.6.